The van der Waals surface area contributed by atoms with Crippen molar-refractivity contribution in [3.8, 4) is 6.07 Å². The normalized spacial score (nSPS) is 19.2. The van der Waals surface area contributed by atoms with Gasteiger partial charge in [0.1, 0.15) is 11.1 Å². The van der Waals surface area contributed by atoms with Crippen molar-refractivity contribution in [1.29, 1.82) is 5.26 Å². The number of carbonyl (C=O) groups is 1. The molecule has 1 aromatic carbocycles. The van der Waals surface area contributed by atoms with Crippen molar-refractivity contribution < 1.29 is 4.79 Å². The second kappa shape index (κ2) is 9.20. The number of nitriles is 1. The zero-order chi connectivity index (χ0) is 21.1. The van der Waals surface area contributed by atoms with E-state index < -0.39 is 0 Å². The number of nitrogens with zero attached hydrogens (tertiary/aromatic N) is 3. The van der Waals surface area contributed by atoms with Gasteiger partial charge in [-0.2, -0.15) is 5.26 Å². The second-order valence-corrected chi connectivity index (χ2v) is 9.54. The van der Waals surface area contributed by atoms with Crippen molar-refractivity contribution in [2.75, 3.05) is 42.9 Å². The number of hydrogen-bond acceptors (Lipinski definition) is 5. The van der Waals surface area contributed by atoms with Gasteiger partial charge in [-0.3, -0.25) is 9.69 Å². The van der Waals surface area contributed by atoms with Crippen molar-refractivity contribution in [2.24, 2.45) is 5.92 Å². The molecule has 0 saturated carbocycles. The van der Waals surface area contributed by atoms with Gasteiger partial charge in [0.25, 0.3) is 0 Å². The number of para-hydroxylation sites is 1. The van der Waals surface area contributed by atoms with Crippen LogP contribution in [0, 0.1) is 24.2 Å². The molecule has 4 rings (SSSR count). The van der Waals surface area contributed by atoms with E-state index in [0.717, 1.165) is 50.4 Å². The lowest BCUT2D eigenvalue weighted by Gasteiger charge is -2.36. The lowest BCUT2D eigenvalue weighted by atomic mass is 9.86. The van der Waals surface area contributed by atoms with Gasteiger partial charge in [-0.05, 0) is 49.3 Å². The Hall–Kier alpha value is -2.36. The fourth-order valence-corrected chi connectivity index (χ4v) is 5.97. The van der Waals surface area contributed by atoms with Gasteiger partial charge in [0, 0.05) is 36.7 Å². The highest BCUT2D eigenvalue weighted by Gasteiger charge is 2.26. The largest absolute Gasteiger partial charge is 0.369 e. The molecular formula is C24H30N4OS. The average Bonchev–Trinajstić information content (AvgIpc) is 3.10. The molecule has 1 unspecified atom stereocenters. The summed E-state index contributed by atoms with van der Waals surface area (Å²) in [5.41, 5.74) is 4.45. The Kier molecular flexibility index (Phi) is 6.40. The van der Waals surface area contributed by atoms with Crippen LogP contribution in [0.5, 0.6) is 0 Å². The average molecular weight is 423 g/mol. The molecular weight excluding hydrogens is 392 g/mol. The summed E-state index contributed by atoms with van der Waals surface area (Å²) in [7, 11) is 0. The Morgan fingerprint density at radius 1 is 1.27 bits per heavy atom. The molecule has 6 heteroatoms. The highest BCUT2D eigenvalue weighted by atomic mass is 32.1. The minimum absolute atomic E-state index is 0.0125. The monoisotopic (exact) mass is 422 g/mol. The van der Waals surface area contributed by atoms with Gasteiger partial charge in [-0.25, -0.2) is 0 Å². The van der Waals surface area contributed by atoms with Crippen molar-refractivity contribution >= 4 is 27.9 Å². The Morgan fingerprint density at radius 2 is 2.03 bits per heavy atom. The van der Waals surface area contributed by atoms with E-state index in [0.29, 0.717) is 18.0 Å². The van der Waals surface area contributed by atoms with Gasteiger partial charge in [-0.15, -0.1) is 11.3 Å². The standard InChI is InChI=1S/C24H30N4OS/c1-3-18-8-9-19-20(15-25)24(30-22(19)14-18)26-23(29)16-27-10-12-28(13-11-27)21-7-5-4-6-17(21)2/h4-7,18H,3,8-14,16H2,1-2H3,(H,26,29). The first-order valence-corrected chi connectivity index (χ1v) is 11.8. The Morgan fingerprint density at radius 3 is 2.73 bits per heavy atom. The number of fused-ring (bicyclic) bond motifs is 1. The molecule has 0 radical (unpaired) electrons. The van der Waals surface area contributed by atoms with E-state index >= 15 is 0 Å². The molecule has 158 valence electrons. The molecule has 30 heavy (non-hydrogen) atoms. The number of hydrogen-bond donors (Lipinski definition) is 1. The molecule has 1 saturated heterocycles. The SMILES string of the molecule is CCC1CCc2c(sc(NC(=O)CN3CCN(c4ccccc4C)CC3)c2C#N)C1. The molecule has 0 bridgehead atoms. The van der Waals surface area contributed by atoms with Crippen LogP contribution in [0.1, 0.15) is 41.3 Å². The van der Waals surface area contributed by atoms with Gasteiger partial charge in [0.05, 0.1) is 12.1 Å². The number of thiophene rings is 1. The number of amides is 1. The summed E-state index contributed by atoms with van der Waals surface area (Å²) in [6.07, 6.45) is 4.33. The third-order valence-electron chi connectivity index (χ3n) is 6.51. The van der Waals surface area contributed by atoms with E-state index in [9.17, 15) is 10.1 Å². The van der Waals surface area contributed by atoms with E-state index in [2.05, 4.69) is 59.3 Å². The fraction of sp³-hybridized carbons (Fsp3) is 0.500. The van der Waals surface area contributed by atoms with E-state index in [1.165, 1.54) is 28.1 Å². The third-order valence-corrected chi connectivity index (χ3v) is 7.67. The molecule has 1 atom stereocenters. The van der Waals surface area contributed by atoms with E-state index in [4.69, 9.17) is 0 Å². The zero-order valence-corrected chi connectivity index (χ0v) is 18.7. The molecule has 2 aliphatic rings. The number of aryl methyl sites for hydroxylation is 1. The van der Waals surface area contributed by atoms with Gasteiger partial charge in [-0.1, -0.05) is 31.5 Å². The summed E-state index contributed by atoms with van der Waals surface area (Å²) in [6.45, 7) is 8.34. The van der Waals surface area contributed by atoms with Crippen LogP contribution in [0.25, 0.3) is 0 Å². The minimum atomic E-state index is -0.0125. The fourth-order valence-electron chi connectivity index (χ4n) is 4.64. The lowest BCUT2D eigenvalue weighted by Crippen LogP contribution is -2.48. The highest BCUT2D eigenvalue weighted by molar-refractivity contribution is 7.16. The smallest absolute Gasteiger partial charge is 0.239 e. The third kappa shape index (κ3) is 4.38. The Labute approximate surface area is 183 Å². The number of benzene rings is 1. The van der Waals surface area contributed by atoms with Crippen molar-refractivity contribution in [2.45, 2.75) is 39.5 Å². The number of piperazine rings is 1. The molecule has 1 fully saturated rings. The second-order valence-electron chi connectivity index (χ2n) is 8.43. The van der Waals surface area contributed by atoms with Crippen LogP contribution < -0.4 is 10.2 Å². The summed E-state index contributed by atoms with van der Waals surface area (Å²) in [5, 5.41) is 13.5. The molecule has 2 heterocycles. The van der Waals surface area contributed by atoms with Crippen LogP contribution in [-0.2, 0) is 17.6 Å². The summed E-state index contributed by atoms with van der Waals surface area (Å²) in [6, 6.07) is 10.8. The van der Waals surface area contributed by atoms with Crippen molar-refractivity contribution in [3.63, 3.8) is 0 Å². The van der Waals surface area contributed by atoms with Crippen LogP contribution in [-0.4, -0.2) is 43.5 Å². The first-order valence-electron chi connectivity index (χ1n) is 11.0. The van der Waals surface area contributed by atoms with Gasteiger partial charge < -0.3 is 10.2 Å². The molecule has 1 aromatic heterocycles. The van der Waals surface area contributed by atoms with Crippen LogP contribution in [0.2, 0.25) is 0 Å². The maximum absolute atomic E-state index is 12.7. The summed E-state index contributed by atoms with van der Waals surface area (Å²) in [4.78, 5) is 18.6. The minimum Gasteiger partial charge on any atom is -0.369 e. The number of rotatable bonds is 5. The summed E-state index contributed by atoms with van der Waals surface area (Å²) in [5.74, 6) is 0.692. The zero-order valence-electron chi connectivity index (χ0n) is 17.9. The van der Waals surface area contributed by atoms with Crippen LogP contribution >= 0.6 is 11.3 Å². The number of carbonyl (C=O) groups excluding carboxylic acids is 1. The van der Waals surface area contributed by atoms with E-state index in [-0.39, 0.29) is 5.91 Å². The molecule has 2 aromatic rings. The predicted octanol–water partition coefficient (Wildman–Crippen LogP) is 4.20. The molecule has 5 nitrogen and oxygen atoms in total. The molecule has 1 N–H and O–H groups in total. The van der Waals surface area contributed by atoms with Crippen LogP contribution in [0.4, 0.5) is 10.7 Å². The first-order chi connectivity index (χ1) is 14.6. The molecule has 0 spiro atoms. The topological polar surface area (TPSA) is 59.4 Å². The van der Waals surface area contributed by atoms with E-state index in [1.54, 1.807) is 11.3 Å². The van der Waals surface area contributed by atoms with Gasteiger partial charge in [0.15, 0.2) is 0 Å². The van der Waals surface area contributed by atoms with Gasteiger partial charge in [0.2, 0.25) is 5.91 Å². The lowest BCUT2D eigenvalue weighted by molar-refractivity contribution is -0.117. The van der Waals surface area contributed by atoms with Crippen LogP contribution in [0.15, 0.2) is 24.3 Å². The molecule has 1 amide bonds. The maximum Gasteiger partial charge on any atom is 0.239 e. The molecule has 1 aliphatic heterocycles. The Bertz CT molecular complexity index is 953. The molecule has 1 aliphatic carbocycles. The Balaban J connectivity index is 1.34. The first kappa shape index (κ1) is 20.9. The quantitative estimate of drug-likeness (QED) is 0.784. The van der Waals surface area contributed by atoms with E-state index in [1.807, 2.05) is 0 Å². The summed E-state index contributed by atoms with van der Waals surface area (Å²) >= 11 is 1.61. The van der Waals surface area contributed by atoms with Crippen LogP contribution in [0.3, 0.4) is 0 Å². The van der Waals surface area contributed by atoms with Gasteiger partial charge >= 0.3 is 0 Å². The maximum atomic E-state index is 12.7. The summed E-state index contributed by atoms with van der Waals surface area (Å²) < 4.78 is 0. The predicted molar refractivity (Wildman–Crippen MR) is 123 cm³/mol. The number of anilines is 2. The number of nitrogens with one attached hydrogen (secondary N) is 1. The van der Waals surface area contributed by atoms with Crippen molar-refractivity contribution in [3.05, 3.63) is 45.8 Å². The highest BCUT2D eigenvalue weighted by Crippen LogP contribution is 2.40. The van der Waals surface area contributed by atoms with Crippen molar-refractivity contribution in [1.82, 2.24) is 4.90 Å².